The number of hydrogen-bond donors (Lipinski definition) is 3. The number of carbonyl (C=O) groups excluding carboxylic acids is 3. The van der Waals surface area contributed by atoms with Crippen LogP contribution in [-0.2, 0) is 30.3 Å². The number of aliphatic carboxylic acids is 1. The lowest BCUT2D eigenvalue weighted by molar-refractivity contribution is -0.157. The monoisotopic (exact) mass is 448 g/mol. The van der Waals surface area contributed by atoms with E-state index in [2.05, 4.69) is 0 Å². The van der Waals surface area contributed by atoms with Crippen molar-refractivity contribution in [2.45, 2.75) is 65.0 Å². The van der Waals surface area contributed by atoms with Gasteiger partial charge in [-0.3, -0.25) is 9.59 Å². The zero-order chi connectivity index (χ0) is 24.7. The standard InChI is InChI=1S/C24H36N2O6/c1-6-32-22(31)24(26,14-16(4)5)20(28)18(12-17-10-8-7-9-11-17)19(27)23(25,21(29)30)13-15(2)3/h7-11,15-16,18H,6,12-14,25-26H2,1-5H3,(H,29,30). The molecule has 0 saturated carbocycles. The van der Waals surface area contributed by atoms with Gasteiger partial charge < -0.3 is 21.3 Å². The molecule has 1 rings (SSSR count). The molecule has 1 aromatic carbocycles. The van der Waals surface area contributed by atoms with E-state index in [1.165, 1.54) is 0 Å². The van der Waals surface area contributed by atoms with Crippen LogP contribution in [0.25, 0.3) is 0 Å². The average Bonchev–Trinajstić information content (AvgIpc) is 2.70. The van der Waals surface area contributed by atoms with Crippen LogP contribution in [-0.4, -0.2) is 46.3 Å². The second-order valence-corrected chi connectivity index (χ2v) is 9.14. The molecule has 1 aromatic rings. The van der Waals surface area contributed by atoms with Gasteiger partial charge in [0.1, 0.15) is 0 Å². The van der Waals surface area contributed by atoms with Crippen LogP contribution < -0.4 is 11.5 Å². The van der Waals surface area contributed by atoms with E-state index in [9.17, 15) is 24.3 Å². The first-order chi connectivity index (χ1) is 14.8. The number of carboxylic acids is 1. The molecule has 0 radical (unpaired) electrons. The van der Waals surface area contributed by atoms with Crippen LogP contribution in [0, 0.1) is 17.8 Å². The number of rotatable bonds is 13. The van der Waals surface area contributed by atoms with E-state index in [1.807, 2.05) is 0 Å². The summed E-state index contributed by atoms with van der Waals surface area (Å²) in [5, 5.41) is 9.81. The van der Waals surface area contributed by atoms with Crippen molar-refractivity contribution in [1.29, 1.82) is 0 Å². The molecule has 32 heavy (non-hydrogen) atoms. The highest BCUT2D eigenvalue weighted by molar-refractivity contribution is 6.22. The van der Waals surface area contributed by atoms with Crippen molar-refractivity contribution in [2.24, 2.45) is 29.2 Å². The summed E-state index contributed by atoms with van der Waals surface area (Å²) in [7, 11) is 0. The van der Waals surface area contributed by atoms with Crippen molar-refractivity contribution in [2.75, 3.05) is 6.61 Å². The van der Waals surface area contributed by atoms with E-state index in [4.69, 9.17) is 16.2 Å². The molecule has 0 aliphatic heterocycles. The van der Waals surface area contributed by atoms with Gasteiger partial charge in [-0.05, 0) is 43.6 Å². The Labute approximate surface area is 189 Å². The third-order valence-corrected chi connectivity index (χ3v) is 5.28. The molecular weight excluding hydrogens is 412 g/mol. The second kappa shape index (κ2) is 11.3. The molecule has 3 unspecified atom stereocenters. The van der Waals surface area contributed by atoms with Gasteiger partial charge in [-0.15, -0.1) is 0 Å². The van der Waals surface area contributed by atoms with E-state index in [-0.39, 0.29) is 37.7 Å². The second-order valence-electron chi connectivity index (χ2n) is 9.14. The summed E-state index contributed by atoms with van der Waals surface area (Å²) in [6.45, 7) is 8.62. The van der Waals surface area contributed by atoms with Crippen LogP contribution in [0.1, 0.15) is 53.0 Å². The van der Waals surface area contributed by atoms with Crippen molar-refractivity contribution in [3.05, 3.63) is 35.9 Å². The molecule has 8 heteroatoms. The van der Waals surface area contributed by atoms with Gasteiger partial charge in [-0.1, -0.05) is 58.0 Å². The number of Topliss-reactive ketones (excluding diaryl/α,β-unsaturated/α-hetero) is 2. The molecule has 0 fully saturated rings. The maximum Gasteiger partial charge on any atom is 0.333 e. The van der Waals surface area contributed by atoms with E-state index in [1.54, 1.807) is 65.0 Å². The highest BCUT2D eigenvalue weighted by Gasteiger charge is 2.54. The zero-order valence-corrected chi connectivity index (χ0v) is 19.6. The van der Waals surface area contributed by atoms with E-state index >= 15 is 0 Å². The molecule has 0 amide bonds. The number of carbonyl (C=O) groups is 4. The quantitative estimate of drug-likeness (QED) is 0.307. The normalized spacial score (nSPS) is 16.2. The number of ketones is 2. The number of esters is 1. The first-order valence-corrected chi connectivity index (χ1v) is 10.9. The number of hydrogen-bond acceptors (Lipinski definition) is 7. The molecule has 0 saturated heterocycles. The van der Waals surface area contributed by atoms with Crippen molar-refractivity contribution in [1.82, 2.24) is 0 Å². The highest BCUT2D eigenvalue weighted by Crippen LogP contribution is 2.29. The Kier molecular flexibility index (Phi) is 9.72. The maximum atomic E-state index is 13.7. The lowest BCUT2D eigenvalue weighted by atomic mass is 9.71. The van der Waals surface area contributed by atoms with E-state index in [0.717, 1.165) is 0 Å². The fourth-order valence-electron chi connectivity index (χ4n) is 3.90. The van der Waals surface area contributed by atoms with Gasteiger partial charge >= 0.3 is 11.9 Å². The summed E-state index contributed by atoms with van der Waals surface area (Å²) in [6.07, 6.45) is -0.349. The SMILES string of the molecule is CCOC(=O)C(N)(CC(C)C)C(=O)C(Cc1ccccc1)C(=O)C(N)(CC(C)C)C(=O)O. The Morgan fingerprint density at radius 1 is 0.906 bits per heavy atom. The molecule has 0 aromatic heterocycles. The number of benzene rings is 1. The zero-order valence-electron chi connectivity index (χ0n) is 19.6. The van der Waals surface area contributed by atoms with Crippen LogP contribution in [0.5, 0.6) is 0 Å². The van der Waals surface area contributed by atoms with E-state index in [0.29, 0.717) is 5.56 Å². The molecule has 0 bridgehead atoms. The fraction of sp³-hybridized carbons (Fsp3) is 0.583. The highest BCUT2D eigenvalue weighted by atomic mass is 16.5. The first kappa shape index (κ1) is 27.5. The summed E-state index contributed by atoms with van der Waals surface area (Å²) in [5.74, 6) is -6.22. The van der Waals surface area contributed by atoms with E-state index < -0.39 is 40.5 Å². The van der Waals surface area contributed by atoms with Crippen LogP contribution in [0.3, 0.4) is 0 Å². The molecular formula is C24H36N2O6. The third-order valence-electron chi connectivity index (χ3n) is 5.28. The van der Waals surface area contributed by atoms with Gasteiger partial charge in [0.25, 0.3) is 0 Å². The minimum absolute atomic E-state index is 0.00373. The Morgan fingerprint density at radius 3 is 1.81 bits per heavy atom. The van der Waals surface area contributed by atoms with Gasteiger partial charge in [0.05, 0.1) is 12.5 Å². The fourth-order valence-corrected chi connectivity index (χ4v) is 3.90. The van der Waals surface area contributed by atoms with Gasteiger partial charge in [0, 0.05) is 0 Å². The molecule has 0 aliphatic carbocycles. The summed E-state index contributed by atoms with van der Waals surface area (Å²) < 4.78 is 5.06. The van der Waals surface area contributed by atoms with Gasteiger partial charge in [-0.2, -0.15) is 0 Å². The summed E-state index contributed by atoms with van der Waals surface area (Å²) in [6, 6.07) is 8.66. The summed E-state index contributed by atoms with van der Waals surface area (Å²) in [5.41, 5.74) is 8.64. The topological polar surface area (TPSA) is 150 Å². The molecule has 0 heterocycles. The van der Waals surface area contributed by atoms with Crippen molar-refractivity contribution < 1.29 is 29.0 Å². The predicted molar refractivity (Wildman–Crippen MR) is 121 cm³/mol. The van der Waals surface area contributed by atoms with Crippen molar-refractivity contribution >= 4 is 23.5 Å². The number of carboxylic acid groups (broad SMARTS) is 1. The lowest BCUT2D eigenvalue weighted by Crippen LogP contribution is -2.64. The molecule has 3 atom stereocenters. The lowest BCUT2D eigenvalue weighted by Gasteiger charge is -2.34. The minimum atomic E-state index is -2.29. The van der Waals surface area contributed by atoms with Gasteiger partial charge in [-0.25, -0.2) is 9.59 Å². The van der Waals surface area contributed by atoms with Gasteiger partial charge in [0.15, 0.2) is 22.6 Å². The van der Waals surface area contributed by atoms with Crippen LogP contribution in [0.4, 0.5) is 0 Å². The largest absolute Gasteiger partial charge is 0.480 e. The predicted octanol–water partition coefficient (Wildman–Crippen LogP) is 2.12. The third kappa shape index (κ3) is 6.46. The van der Waals surface area contributed by atoms with Gasteiger partial charge in [0.2, 0.25) is 0 Å². The molecule has 8 nitrogen and oxygen atoms in total. The smallest absolute Gasteiger partial charge is 0.333 e. The maximum absolute atomic E-state index is 13.7. The minimum Gasteiger partial charge on any atom is -0.480 e. The van der Waals surface area contributed by atoms with Crippen LogP contribution in [0.15, 0.2) is 30.3 Å². The van der Waals surface area contributed by atoms with Crippen molar-refractivity contribution in [3.63, 3.8) is 0 Å². The summed E-state index contributed by atoms with van der Waals surface area (Å²) in [4.78, 5) is 52.1. The summed E-state index contributed by atoms with van der Waals surface area (Å²) >= 11 is 0. The Bertz CT molecular complexity index is 823. The average molecular weight is 449 g/mol. The molecule has 0 spiro atoms. The molecule has 5 N–H and O–H groups in total. The Hall–Kier alpha value is -2.58. The van der Waals surface area contributed by atoms with Crippen LogP contribution >= 0.6 is 0 Å². The van der Waals surface area contributed by atoms with Crippen molar-refractivity contribution in [3.8, 4) is 0 Å². The number of ether oxygens (including phenoxy) is 1. The molecule has 178 valence electrons. The Morgan fingerprint density at radius 2 is 1.38 bits per heavy atom. The number of nitrogens with two attached hydrogens (primary N) is 2. The first-order valence-electron chi connectivity index (χ1n) is 10.9. The Balaban J connectivity index is 3.59. The van der Waals surface area contributed by atoms with Crippen LogP contribution in [0.2, 0.25) is 0 Å². The molecule has 0 aliphatic rings.